The number of rotatable bonds is 8. The Morgan fingerprint density at radius 2 is 2.05 bits per heavy atom. The van der Waals surface area contributed by atoms with Gasteiger partial charge in [-0.25, -0.2) is 23.7 Å². The highest BCUT2D eigenvalue weighted by atomic mass is 19.1. The summed E-state index contributed by atoms with van der Waals surface area (Å²) in [4.78, 5) is 35.2. The van der Waals surface area contributed by atoms with E-state index in [0.29, 0.717) is 29.0 Å². The zero-order chi connectivity index (χ0) is 27.6. The van der Waals surface area contributed by atoms with Crippen LogP contribution in [0.4, 0.5) is 15.0 Å². The number of carbonyl (C=O) groups is 2. The zero-order valence-electron chi connectivity index (χ0n) is 21.7. The van der Waals surface area contributed by atoms with Crippen LogP contribution in [0.15, 0.2) is 24.7 Å². The number of likely N-dealkylation sites (tertiary alicyclic amines) is 1. The summed E-state index contributed by atoms with van der Waals surface area (Å²) >= 11 is 0. The Bertz CT molecular complexity index is 1330. The average Bonchev–Trinajstić information content (AvgIpc) is 3.43. The summed E-state index contributed by atoms with van der Waals surface area (Å²) in [5, 5.41) is 16.4. The van der Waals surface area contributed by atoms with Crippen molar-refractivity contribution < 1.29 is 28.6 Å². The highest BCUT2D eigenvalue weighted by Crippen LogP contribution is 2.29. The molecule has 3 atom stereocenters. The summed E-state index contributed by atoms with van der Waals surface area (Å²) in [5.74, 6) is -0.0331. The van der Waals surface area contributed by atoms with E-state index in [1.54, 1.807) is 10.6 Å². The van der Waals surface area contributed by atoms with E-state index in [9.17, 15) is 19.1 Å². The van der Waals surface area contributed by atoms with Gasteiger partial charge in [0.25, 0.3) is 5.91 Å². The molecule has 0 bridgehead atoms. The van der Waals surface area contributed by atoms with Crippen molar-refractivity contribution in [2.24, 2.45) is 5.92 Å². The Morgan fingerprint density at radius 1 is 1.29 bits per heavy atom. The standard InChI is InChI=1S/C25H32FN7O5/c1-13(2)5-16(11-34)38-25(36)32-9-18(26)19(10-32)31-23(35)17-7-15(8-28-24(17)37-4)20-6-14(3)21-22(27)29-12-30-33(20)21/h6-8,12-13,16,18-19,34H,5,9-11H2,1-4H3,(H,31,35)(H2,27,29,30)/t16-,18+,19?/m1/s1. The Kier molecular flexibility index (Phi) is 7.95. The molecule has 0 aromatic carbocycles. The number of hydrogen-bond donors (Lipinski definition) is 3. The van der Waals surface area contributed by atoms with Crippen molar-refractivity contribution >= 4 is 23.3 Å². The van der Waals surface area contributed by atoms with Gasteiger partial charge in [0.1, 0.15) is 29.7 Å². The van der Waals surface area contributed by atoms with E-state index in [0.717, 1.165) is 5.56 Å². The summed E-state index contributed by atoms with van der Waals surface area (Å²) in [6.45, 7) is 5.10. The first-order valence-electron chi connectivity index (χ1n) is 12.3. The van der Waals surface area contributed by atoms with Gasteiger partial charge >= 0.3 is 6.09 Å². The van der Waals surface area contributed by atoms with Crippen molar-refractivity contribution in [3.8, 4) is 17.1 Å². The third-order valence-corrected chi connectivity index (χ3v) is 6.39. The highest BCUT2D eigenvalue weighted by molar-refractivity contribution is 5.98. The van der Waals surface area contributed by atoms with Gasteiger partial charge in [-0.15, -0.1) is 0 Å². The first-order chi connectivity index (χ1) is 18.1. The van der Waals surface area contributed by atoms with Gasteiger partial charge in [-0.1, -0.05) is 13.8 Å². The number of methoxy groups -OCH3 is 1. The predicted octanol–water partition coefficient (Wildman–Crippen LogP) is 1.99. The fourth-order valence-corrected chi connectivity index (χ4v) is 4.57. The number of nitrogens with two attached hydrogens (primary N) is 1. The summed E-state index contributed by atoms with van der Waals surface area (Å²) in [5.41, 5.74) is 8.77. The van der Waals surface area contributed by atoms with Crippen LogP contribution in [-0.4, -0.2) is 86.7 Å². The minimum absolute atomic E-state index is 0.0575. The van der Waals surface area contributed by atoms with E-state index < -0.39 is 30.3 Å². The minimum Gasteiger partial charge on any atom is -0.480 e. The molecule has 38 heavy (non-hydrogen) atoms. The normalized spacial score (nSPS) is 18.1. The lowest BCUT2D eigenvalue weighted by Gasteiger charge is -2.22. The molecule has 204 valence electrons. The van der Waals surface area contributed by atoms with E-state index in [4.69, 9.17) is 15.2 Å². The number of amides is 2. The number of alkyl halides is 1. The molecular formula is C25H32FN7O5. The molecule has 4 N–H and O–H groups in total. The number of aryl methyl sites for hydroxylation is 1. The number of aliphatic hydroxyl groups excluding tert-OH is 1. The Balaban J connectivity index is 1.52. The number of hydrogen-bond acceptors (Lipinski definition) is 9. The first kappa shape index (κ1) is 27.0. The van der Waals surface area contributed by atoms with Gasteiger partial charge in [0.15, 0.2) is 5.82 Å². The second kappa shape index (κ2) is 11.2. The largest absolute Gasteiger partial charge is 0.480 e. The number of pyridine rings is 1. The number of anilines is 1. The van der Waals surface area contributed by atoms with Gasteiger partial charge in [-0.3, -0.25) is 4.79 Å². The van der Waals surface area contributed by atoms with Crippen molar-refractivity contribution in [2.75, 3.05) is 32.5 Å². The van der Waals surface area contributed by atoms with Crippen LogP contribution >= 0.6 is 0 Å². The molecule has 1 saturated heterocycles. The van der Waals surface area contributed by atoms with Crippen molar-refractivity contribution in [3.63, 3.8) is 0 Å². The maximum atomic E-state index is 14.9. The fraction of sp³-hybridized carbons (Fsp3) is 0.480. The number of ether oxygens (including phenoxy) is 2. The molecule has 0 radical (unpaired) electrons. The van der Waals surface area contributed by atoms with Gasteiger partial charge in [-0.2, -0.15) is 5.10 Å². The van der Waals surface area contributed by atoms with Crippen molar-refractivity contribution in [3.05, 3.63) is 35.8 Å². The van der Waals surface area contributed by atoms with Crippen LogP contribution in [0.2, 0.25) is 0 Å². The number of nitrogen functional groups attached to an aromatic ring is 1. The summed E-state index contributed by atoms with van der Waals surface area (Å²) in [6.07, 6.45) is 0.425. The molecule has 1 fully saturated rings. The Morgan fingerprint density at radius 3 is 2.74 bits per heavy atom. The van der Waals surface area contributed by atoms with Gasteiger partial charge in [0.2, 0.25) is 5.88 Å². The Labute approximate surface area is 218 Å². The second-order valence-electron chi connectivity index (χ2n) is 9.72. The molecule has 3 aromatic rings. The highest BCUT2D eigenvalue weighted by Gasteiger charge is 2.38. The molecule has 2 amide bonds. The number of aliphatic hydroxyl groups is 1. The van der Waals surface area contributed by atoms with E-state index in [-0.39, 0.29) is 37.1 Å². The van der Waals surface area contributed by atoms with Crippen molar-refractivity contribution in [2.45, 2.75) is 45.5 Å². The van der Waals surface area contributed by atoms with Gasteiger partial charge < -0.3 is 30.5 Å². The third kappa shape index (κ3) is 5.47. The molecule has 1 unspecified atom stereocenters. The molecule has 4 rings (SSSR count). The predicted molar refractivity (Wildman–Crippen MR) is 136 cm³/mol. The molecule has 0 saturated carbocycles. The van der Waals surface area contributed by atoms with Crippen molar-refractivity contribution in [1.29, 1.82) is 0 Å². The number of carbonyl (C=O) groups excluding carboxylic acids is 2. The van der Waals surface area contributed by atoms with E-state index in [2.05, 4.69) is 20.4 Å². The van der Waals surface area contributed by atoms with Crippen LogP contribution in [0, 0.1) is 12.8 Å². The zero-order valence-corrected chi connectivity index (χ0v) is 21.7. The second-order valence-corrected chi connectivity index (χ2v) is 9.72. The van der Waals surface area contributed by atoms with Crippen LogP contribution in [0.5, 0.6) is 5.88 Å². The molecular weight excluding hydrogens is 497 g/mol. The molecule has 0 spiro atoms. The lowest BCUT2D eigenvalue weighted by molar-refractivity contribution is 0.0263. The summed E-state index contributed by atoms with van der Waals surface area (Å²) in [7, 11) is 1.38. The minimum atomic E-state index is -1.51. The van der Waals surface area contributed by atoms with Gasteiger partial charge in [0, 0.05) is 18.3 Å². The quantitative estimate of drug-likeness (QED) is 0.397. The maximum Gasteiger partial charge on any atom is 0.410 e. The Hall–Kier alpha value is -4.00. The lowest BCUT2D eigenvalue weighted by Crippen LogP contribution is -2.42. The van der Waals surface area contributed by atoms with Crippen LogP contribution < -0.4 is 15.8 Å². The van der Waals surface area contributed by atoms with Gasteiger partial charge in [0.05, 0.1) is 32.0 Å². The fourth-order valence-electron chi connectivity index (χ4n) is 4.57. The summed E-state index contributed by atoms with van der Waals surface area (Å²) in [6, 6.07) is 2.46. The molecule has 13 heteroatoms. The number of nitrogens with zero attached hydrogens (tertiary/aromatic N) is 5. The molecule has 1 aliphatic heterocycles. The van der Waals surface area contributed by atoms with Crippen LogP contribution in [0.3, 0.4) is 0 Å². The average molecular weight is 530 g/mol. The van der Waals surface area contributed by atoms with E-state index in [1.807, 2.05) is 26.8 Å². The molecule has 4 heterocycles. The molecule has 1 aliphatic rings. The monoisotopic (exact) mass is 529 g/mol. The van der Waals surface area contributed by atoms with Crippen LogP contribution in [0.25, 0.3) is 16.8 Å². The van der Waals surface area contributed by atoms with E-state index in [1.165, 1.54) is 24.5 Å². The van der Waals surface area contributed by atoms with Crippen LogP contribution in [-0.2, 0) is 4.74 Å². The first-order valence-corrected chi connectivity index (χ1v) is 12.3. The maximum absolute atomic E-state index is 14.9. The van der Waals surface area contributed by atoms with Crippen LogP contribution in [0.1, 0.15) is 36.2 Å². The summed E-state index contributed by atoms with van der Waals surface area (Å²) < 4.78 is 27.1. The molecule has 0 aliphatic carbocycles. The number of halogens is 1. The SMILES string of the molecule is COc1ncc(-c2cc(C)c3c(N)ncnn23)cc1C(=O)NC1CN(C(=O)O[C@@H](CO)CC(C)C)C[C@@H]1F. The number of nitrogens with one attached hydrogen (secondary N) is 1. The number of aromatic nitrogens is 4. The molecule has 3 aromatic heterocycles. The smallest absolute Gasteiger partial charge is 0.410 e. The topological polar surface area (TPSA) is 157 Å². The molecule has 12 nitrogen and oxygen atoms in total. The van der Waals surface area contributed by atoms with E-state index >= 15 is 0 Å². The van der Waals surface area contributed by atoms with Gasteiger partial charge in [-0.05, 0) is 37.0 Å². The number of fused-ring (bicyclic) bond motifs is 1. The lowest BCUT2D eigenvalue weighted by atomic mass is 10.1. The van der Waals surface area contributed by atoms with Crippen molar-refractivity contribution in [1.82, 2.24) is 29.8 Å². The third-order valence-electron chi connectivity index (χ3n) is 6.39.